The predicted molar refractivity (Wildman–Crippen MR) is 97.0 cm³/mol. The highest BCUT2D eigenvalue weighted by Gasteiger charge is 2.28. The van der Waals surface area contributed by atoms with Crippen LogP contribution in [0.25, 0.3) is 0 Å². The zero-order chi connectivity index (χ0) is 17.3. The summed E-state index contributed by atoms with van der Waals surface area (Å²) in [6, 6.07) is 6.08. The molecule has 1 aliphatic rings. The lowest BCUT2D eigenvalue weighted by atomic mass is 10.1. The van der Waals surface area contributed by atoms with Crippen molar-refractivity contribution in [2.24, 2.45) is 0 Å². The largest absolute Gasteiger partial charge is 0.378 e. The van der Waals surface area contributed by atoms with Crippen molar-refractivity contribution in [1.29, 1.82) is 0 Å². The van der Waals surface area contributed by atoms with Gasteiger partial charge in [-0.15, -0.1) is 11.3 Å². The van der Waals surface area contributed by atoms with Crippen LogP contribution < -0.4 is 4.90 Å². The van der Waals surface area contributed by atoms with Crippen molar-refractivity contribution in [2.75, 3.05) is 38.7 Å². The van der Waals surface area contributed by atoms with Gasteiger partial charge in [-0.3, -0.25) is 9.78 Å². The summed E-state index contributed by atoms with van der Waals surface area (Å²) in [4.78, 5) is 22.1. The van der Waals surface area contributed by atoms with Crippen LogP contribution in [-0.4, -0.2) is 49.6 Å². The second-order valence-electron chi connectivity index (χ2n) is 6.33. The van der Waals surface area contributed by atoms with Crippen molar-refractivity contribution in [3.63, 3.8) is 0 Å². The number of amides is 1. The monoisotopic (exact) mass is 345 g/mol. The molecule has 5 nitrogen and oxygen atoms in total. The zero-order valence-corrected chi connectivity index (χ0v) is 15.4. The highest BCUT2D eigenvalue weighted by molar-refractivity contribution is 7.12. The molecule has 0 aliphatic carbocycles. The van der Waals surface area contributed by atoms with E-state index in [0.29, 0.717) is 19.7 Å². The van der Waals surface area contributed by atoms with Crippen molar-refractivity contribution in [1.82, 2.24) is 9.88 Å². The number of pyridine rings is 1. The molecule has 0 spiro atoms. The van der Waals surface area contributed by atoms with E-state index in [1.165, 1.54) is 11.3 Å². The van der Waals surface area contributed by atoms with Crippen LogP contribution in [0.1, 0.15) is 32.7 Å². The highest BCUT2D eigenvalue weighted by atomic mass is 32.1. The van der Waals surface area contributed by atoms with Crippen LogP contribution >= 0.6 is 11.3 Å². The Bertz CT molecular complexity index is 742. The van der Waals surface area contributed by atoms with Crippen LogP contribution in [0.3, 0.4) is 0 Å². The first-order valence-electron chi connectivity index (χ1n) is 8.06. The summed E-state index contributed by atoms with van der Waals surface area (Å²) in [5, 5.41) is 1.96. The molecule has 3 heterocycles. The molecule has 0 unspecified atom stereocenters. The third kappa shape index (κ3) is 3.44. The van der Waals surface area contributed by atoms with E-state index in [4.69, 9.17) is 4.74 Å². The molecule has 2 aromatic rings. The Hall–Kier alpha value is -1.92. The standard InChI is InChI=1S/C18H23N3O2S/c1-12-5-8-24-17(12)18(22)21-6-7-23-16(11-21)15-10-14(20(3)4)9-13(2)19-15/h5,8-10,16H,6-7,11H2,1-4H3/t16-/m1/s1. The van der Waals surface area contributed by atoms with Crippen molar-refractivity contribution in [2.45, 2.75) is 20.0 Å². The molecule has 0 aromatic carbocycles. The summed E-state index contributed by atoms with van der Waals surface area (Å²) in [7, 11) is 4.02. The van der Waals surface area contributed by atoms with Crippen molar-refractivity contribution in [3.8, 4) is 0 Å². The minimum atomic E-state index is -0.179. The number of carbonyl (C=O) groups is 1. The van der Waals surface area contributed by atoms with Gasteiger partial charge >= 0.3 is 0 Å². The molecule has 0 bridgehead atoms. The fourth-order valence-electron chi connectivity index (χ4n) is 2.85. The molecule has 24 heavy (non-hydrogen) atoms. The van der Waals surface area contributed by atoms with E-state index in [0.717, 1.165) is 27.5 Å². The van der Waals surface area contributed by atoms with Gasteiger partial charge in [0.1, 0.15) is 6.10 Å². The Morgan fingerprint density at radius 1 is 1.38 bits per heavy atom. The third-order valence-electron chi connectivity index (χ3n) is 4.21. The average molecular weight is 345 g/mol. The molecule has 1 aliphatic heterocycles. The molecule has 2 aromatic heterocycles. The number of anilines is 1. The van der Waals surface area contributed by atoms with Gasteiger partial charge in [0.25, 0.3) is 5.91 Å². The number of hydrogen-bond donors (Lipinski definition) is 0. The summed E-state index contributed by atoms with van der Waals surface area (Å²) in [5.41, 5.74) is 3.98. The molecule has 1 amide bonds. The molecule has 3 rings (SSSR count). The minimum absolute atomic E-state index is 0.0938. The average Bonchev–Trinajstić information content (AvgIpc) is 2.99. The molecule has 6 heteroatoms. The lowest BCUT2D eigenvalue weighted by Gasteiger charge is -2.33. The molecule has 0 saturated carbocycles. The summed E-state index contributed by atoms with van der Waals surface area (Å²) in [5.74, 6) is 0.0938. The fourth-order valence-corrected chi connectivity index (χ4v) is 3.74. The molecule has 1 fully saturated rings. The molecule has 128 valence electrons. The quantitative estimate of drug-likeness (QED) is 0.858. The van der Waals surface area contributed by atoms with E-state index in [1.54, 1.807) is 0 Å². The predicted octanol–water partition coefficient (Wildman–Crippen LogP) is 3.04. The van der Waals surface area contributed by atoms with E-state index >= 15 is 0 Å². The molecule has 0 radical (unpaired) electrons. The number of carbonyl (C=O) groups excluding carboxylic acids is 1. The summed E-state index contributed by atoms with van der Waals surface area (Å²) in [6.45, 7) is 5.66. The molecule has 1 atom stereocenters. The normalized spacial score (nSPS) is 17.8. The lowest BCUT2D eigenvalue weighted by molar-refractivity contribution is -0.0246. The Morgan fingerprint density at radius 2 is 2.17 bits per heavy atom. The molecule has 1 saturated heterocycles. The number of nitrogens with zero attached hydrogens (tertiary/aromatic N) is 3. The van der Waals surface area contributed by atoms with Crippen LogP contribution in [0.5, 0.6) is 0 Å². The smallest absolute Gasteiger partial charge is 0.264 e. The number of morpholine rings is 1. The highest BCUT2D eigenvalue weighted by Crippen LogP contribution is 2.27. The summed E-state index contributed by atoms with van der Waals surface area (Å²) < 4.78 is 5.91. The van der Waals surface area contributed by atoms with Gasteiger partial charge in [-0.05, 0) is 43.0 Å². The van der Waals surface area contributed by atoms with Crippen LogP contribution in [0.4, 0.5) is 5.69 Å². The molecular weight excluding hydrogens is 322 g/mol. The number of hydrogen-bond acceptors (Lipinski definition) is 5. The van der Waals surface area contributed by atoms with E-state index in [9.17, 15) is 4.79 Å². The van der Waals surface area contributed by atoms with Crippen molar-refractivity contribution in [3.05, 3.63) is 45.4 Å². The Balaban J connectivity index is 1.81. The van der Waals surface area contributed by atoms with Gasteiger partial charge in [0.15, 0.2) is 0 Å². The van der Waals surface area contributed by atoms with Crippen LogP contribution in [0.2, 0.25) is 0 Å². The summed E-state index contributed by atoms with van der Waals surface area (Å²) >= 11 is 1.50. The Labute approximate surface area is 146 Å². The number of thiophene rings is 1. The van der Waals surface area contributed by atoms with Crippen LogP contribution in [-0.2, 0) is 4.74 Å². The first kappa shape index (κ1) is 16.9. The van der Waals surface area contributed by atoms with Gasteiger partial charge in [0.2, 0.25) is 0 Å². The first-order valence-corrected chi connectivity index (χ1v) is 8.94. The van der Waals surface area contributed by atoms with E-state index < -0.39 is 0 Å². The number of aryl methyl sites for hydroxylation is 2. The molecule has 0 N–H and O–H groups in total. The maximum absolute atomic E-state index is 12.8. The maximum Gasteiger partial charge on any atom is 0.264 e. The topological polar surface area (TPSA) is 45.7 Å². The SMILES string of the molecule is Cc1cc(N(C)C)cc([C@H]2CN(C(=O)c3sccc3C)CCO2)n1. The Morgan fingerprint density at radius 3 is 2.83 bits per heavy atom. The van der Waals surface area contributed by atoms with Gasteiger partial charge in [-0.2, -0.15) is 0 Å². The minimum Gasteiger partial charge on any atom is -0.378 e. The lowest BCUT2D eigenvalue weighted by Crippen LogP contribution is -2.42. The third-order valence-corrected chi connectivity index (χ3v) is 5.22. The zero-order valence-electron chi connectivity index (χ0n) is 14.6. The van der Waals surface area contributed by atoms with E-state index in [-0.39, 0.29) is 12.0 Å². The number of rotatable bonds is 3. The van der Waals surface area contributed by atoms with Crippen molar-refractivity contribution >= 4 is 22.9 Å². The van der Waals surface area contributed by atoms with Gasteiger partial charge in [-0.1, -0.05) is 0 Å². The van der Waals surface area contributed by atoms with E-state index in [1.807, 2.05) is 56.4 Å². The van der Waals surface area contributed by atoms with Gasteiger partial charge in [0.05, 0.1) is 23.7 Å². The van der Waals surface area contributed by atoms with Crippen LogP contribution in [0, 0.1) is 13.8 Å². The number of aromatic nitrogens is 1. The van der Waals surface area contributed by atoms with Gasteiger partial charge in [-0.25, -0.2) is 0 Å². The van der Waals surface area contributed by atoms with E-state index in [2.05, 4.69) is 9.88 Å². The van der Waals surface area contributed by atoms with Gasteiger partial charge < -0.3 is 14.5 Å². The Kier molecular flexibility index (Phi) is 4.87. The second-order valence-corrected chi connectivity index (χ2v) is 7.25. The fraction of sp³-hybridized carbons (Fsp3) is 0.444. The second kappa shape index (κ2) is 6.91. The van der Waals surface area contributed by atoms with Crippen LogP contribution in [0.15, 0.2) is 23.6 Å². The first-order chi connectivity index (χ1) is 11.5. The maximum atomic E-state index is 12.8. The number of ether oxygens (including phenoxy) is 1. The van der Waals surface area contributed by atoms with Crippen molar-refractivity contribution < 1.29 is 9.53 Å². The summed E-state index contributed by atoms with van der Waals surface area (Å²) in [6.07, 6.45) is -0.179. The molecular formula is C18H23N3O2S. The van der Waals surface area contributed by atoms with Gasteiger partial charge in [0, 0.05) is 32.0 Å².